The van der Waals surface area contributed by atoms with Crippen LogP contribution >= 0.6 is 22.9 Å². The summed E-state index contributed by atoms with van der Waals surface area (Å²) in [5, 5.41) is 0.480. The van der Waals surface area contributed by atoms with Gasteiger partial charge in [-0.25, -0.2) is 8.42 Å². The van der Waals surface area contributed by atoms with Gasteiger partial charge in [-0.1, -0.05) is 22.9 Å². The van der Waals surface area contributed by atoms with E-state index in [4.69, 9.17) is 21.1 Å². The molecular weight excluding hydrogens is 510 g/mol. The molecule has 0 spiro atoms. The van der Waals surface area contributed by atoms with E-state index in [9.17, 15) is 13.2 Å². The molecular formula is C24H28ClN3O5S2. The van der Waals surface area contributed by atoms with E-state index in [2.05, 4.69) is 4.99 Å². The number of methoxy groups -OCH3 is 1. The second kappa shape index (κ2) is 11.2. The Morgan fingerprint density at radius 3 is 2.54 bits per heavy atom. The number of ether oxygens (including phenoxy) is 2. The van der Waals surface area contributed by atoms with Crippen molar-refractivity contribution in [1.82, 2.24) is 8.87 Å². The van der Waals surface area contributed by atoms with Crippen LogP contribution in [0.4, 0.5) is 0 Å². The summed E-state index contributed by atoms with van der Waals surface area (Å²) in [5.74, 6) is 0.187. The van der Waals surface area contributed by atoms with E-state index in [0.717, 1.165) is 16.0 Å². The summed E-state index contributed by atoms with van der Waals surface area (Å²) in [6.45, 7) is 4.17. The summed E-state index contributed by atoms with van der Waals surface area (Å²) >= 11 is 7.31. The molecule has 0 unspecified atom stereocenters. The van der Waals surface area contributed by atoms with Gasteiger partial charge in [0.1, 0.15) is 5.75 Å². The first-order valence-electron chi connectivity index (χ1n) is 11.4. The Bertz CT molecular complexity index is 1360. The fourth-order valence-electron chi connectivity index (χ4n) is 4.07. The molecule has 0 saturated carbocycles. The average molecular weight is 538 g/mol. The van der Waals surface area contributed by atoms with Crippen LogP contribution < -0.4 is 9.54 Å². The van der Waals surface area contributed by atoms with Crippen LogP contribution in [0.1, 0.15) is 19.8 Å². The van der Waals surface area contributed by atoms with Crippen molar-refractivity contribution in [2.45, 2.75) is 31.2 Å². The lowest BCUT2D eigenvalue weighted by molar-refractivity contribution is -0.122. The van der Waals surface area contributed by atoms with Crippen molar-refractivity contribution < 1.29 is 22.7 Å². The van der Waals surface area contributed by atoms with Gasteiger partial charge < -0.3 is 14.0 Å². The van der Waals surface area contributed by atoms with Crippen molar-refractivity contribution in [1.29, 1.82) is 0 Å². The predicted octanol–water partition coefficient (Wildman–Crippen LogP) is 3.93. The molecule has 2 aromatic carbocycles. The fourth-order valence-corrected chi connectivity index (χ4v) is 6.75. The first-order chi connectivity index (χ1) is 16.8. The van der Waals surface area contributed by atoms with Gasteiger partial charge in [0.05, 0.1) is 28.8 Å². The highest BCUT2D eigenvalue weighted by molar-refractivity contribution is 7.89. The number of amides is 1. The number of nitrogens with zero attached hydrogens (tertiary/aromatic N) is 3. The highest BCUT2D eigenvalue weighted by Gasteiger charge is 2.32. The van der Waals surface area contributed by atoms with E-state index >= 15 is 0 Å². The van der Waals surface area contributed by atoms with Crippen molar-refractivity contribution in [3.63, 3.8) is 0 Å². The smallest absolute Gasteiger partial charge is 0.251 e. The number of hydrogen-bond donors (Lipinski definition) is 0. The highest BCUT2D eigenvalue weighted by atomic mass is 35.5. The molecule has 1 amide bonds. The molecule has 1 aliphatic rings. The molecule has 4 rings (SSSR count). The lowest BCUT2D eigenvalue weighted by Crippen LogP contribution is -2.40. The highest BCUT2D eigenvalue weighted by Crippen LogP contribution is 2.26. The quantitative estimate of drug-likeness (QED) is 0.406. The van der Waals surface area contributed by atoms with Gasteiger partial charge in [-0.2, -0.15) is 9.30 Å². The Morgan fingerprint density at radius 2 is 1.89 bits per heavy atom. The van der Waals surface area contributed by atoms with Crippen molar-refractivity contribution in [3.05, 3.63) is 52.3 Å². The number of piperidine rings is 1. The molecule has 1 fully saturated rings. The third-order valence-electron chi connectivity index (χ3n) is 6.01. The summed E-state index contributed by atoms with van der Waals surface area (Å²) in [6.07, 6.45) is 0.847. The molecule has 1 aliphatic heterocycles. The summed E-state index contributed by atoms with van der Waals surface area (Å²) in [7, 11) is -2.01. The Hall–Kier alpha value is -2.24. The second-order valence-corrected chi connectivity index (χ2v) is 11.5. The maximum Gasteiger partial charge on any atom is 0.251 e. The van der Waals surface area contributed by atoms with Crippen LogP contribution in [0.5, 0.6) is 5.75 Å². The number of rotatable bonds is 8. The molecule has 0 N–H and O–H groups in total. The van der Waals surface area contributed by atoms with E-state index < -0.39 is 10.0 Å². The van der Waals surface area contributed by atoms with Gasteiger partial charge in [-0.05, 0) is 62.2 Å². The molecule has 8 nitrogen and oxygen atoms in total. The zero-order valence-electron chi connectivity index (χ0n) is 19.6. The van der Waals surface area contributed by atoms with Crippen molar-refractivity contribution in [3.8, 4) is 5.75 Å². The van der Waals surface area contributed by atoms with Crippen LogP contribution in [0, 0.1) is 5.92 Å². The van der Waals surface area contributed by atoms with Gasteiger partial charge in [0, 0.05) is 37.2 Å². The van der Waals surface area contributed by atoms with Gasteiger partial charge in [0.15, 0.2) is 4.80 Å². The first kappa shape index (κ1) is 25.8. The molecule has 1 aromatic heterocycles. The Kier molecular flexibility index (Phi) is 8.28. The summed E-state index contributed by atoms with van der Waals surface area (Å²) in [4.78, 5) is 18.4. The summed E-state index contributed by atoms with van der Waals surface area (Å²) in [6, 6.07) is 11.9. The predicted molar refractivity (Wildman–Crippen MR) is 136 cm³/mol. The maximum absolute atomic E-state index is 13.1. The molecule has 3 aromatic rings. The van der Waals surface area contributed by atoms with Gasteiger partial charge in [-0.15, -0.1) is 0 Å². The summed E-state index contributed by atoms with van der Waals surface area (Å²) in [5.41, 5.74) is 0.964. The van der Waals surface area contributed by atoms with Crippen LogP contribution in [0.15, 0.2) is 52.4 Å². The van der Waals surface area contributed by atoms with Crippen LogP contribution in [-0.4, -0.2) is 56.6 Å². The number of carbonyl (C=O) groups excluding carboxylic acids is 1. The van der Waals surface area contributed by atoms with Crippen LogP contribution in [-0.2, 0) is 26.1 Å². The van der Waals surface area contributed by atoms with E-state index in [1.807, 2.05) is 29.7 Å². The number of carbonyl (C=O) groups is 1. The minimum Gasteiger partial charge on any atom is -0.497 e. The normalized spacial score (nSPS) is 16.1. The molecule has 2 heterocycles. The van der Waals surface area contributed by atoms with E-state index in [0.29, 0.717) is 42.4 Å². The lowest BCUT2D eigenvalue weighted by atomic mass is 9.98. The number of hydrogen-bond acceptors (Lipinski definition) is 6. The maximum atomic E-state index is 13.1. The number of aromatic nitrogens is 1. The minimum absolute atomic E-state index is 0.201. The van der Waals surface area contributed by atoms with Crippen molar-refractivity contribution >= 4 is 49.1 Å². The molecule has 0 bridgehead atoms. The van der Waals surface area contributed by atoms with Gasteiger partial charge in [0.2, 0.25) is 10.0 Å². The molecule has 0 aliphatic carbocycles. The van der Waals surface area contributed by atoms with Gasteiger partial charge in [0.25, 0.3) is 5.91 Å². The zero-order valence-corrected chi connectivity index (χ0v) is 22.0. The van der Waals surface area contributed by atoms with Gasteiger partial charge >= 0.3 is 0 Å². The number of sulfonamides is 1. The van der Waals surface area contributed by atoms with E-state index in [1.165, 1.54) is 27.8 Å². The average Bonchev–Trinajstić information content (AvgIpc) is 3.20. The summed E-state index contributed by atoms with van der Waals surface area (Å²) < 4.78 is 41.1. The Labute approximate surface area is 213 Å². The molecule has 0 radical (unpaired) electrons. The number of halogens is 1. The van der Waals surface area contributed by atoms with Crippen molar-refractivity contribution in [2.24, 2.45) is 10.9 Å². The standard InChI is InChI=1S/C24H28ClN3O5S2/c1-3-33-15-14-28-21-9-6-19(32-2)16-22(21)34-24(28)26-23(29)17-10-12-27(13-11-17)35(30,31)20-7-4-18(25)5-8-20/h4-9,16-17H,3,10-15H2,1-2H3. The van der Waals surface area contributed by atoms with Gasteiger partial charge in [-0.3, -0.25) is 4.79 Å². The first-order valence-corrected chi connectivity index (χ1v) is 14.1. The molecule has 188 valence electrons. The molecule has 35 heavy (non-hydrogen) atoms. The second-order valence-electron chi connectivity index (χ2n) is 8.15. The Morgan fingerprint density at radius 1 is 1.17 bits per heavy atom. The van der Waals surface area contributed by atoms with Crippen LogP contribution in [0.3, 0.4) is 0 Å². The van der Waals surface area contributed by atoms with E-state index in [-0.39, 0.29) is 29.8 Å². The third kappa shape index (κ3) is 5.78. The number of fused-ring (bicyclic) bond motifs is 1. The topological polar surface area (TPSA) is 90.2 Å². The zero-order chi connectivity index (χ0) is 25.0. The largest absolute Gasteiger partial charge is 0.497 e. The minimum atomic E-state index is -3.63. The van der Waals surface area contributed by atoms with Crippen LogP contribution in [0.2, 0.25) is 5.02 Å². The number of thiazole rings is 1. The van der Waals surface area contributed by atoms with Crippen LogP contribution in [0.25, 0.3) is 10.2 Å². The third-order valence-corrected chi connectivity index (χ3v) is 9.22. The number of benzene rings is 2. The Balaban J connectivity index is 1.52. The SMILES string of the molecule is CCOCCn1c(=NC(=O)C2CCN(S(=O)(=O)c3ccc(Cl)cc3)CC2)sc2cc(OC)ccc21. The fraction of sp³-hybridized carbons (Fsp3) is 0.417. The molecule has 1 saturated heterocycles. The van der Waals surface area contributed by atoms with Crippen molar-refractivity contribution in [2.75, 3.05) is 33.4 Å². The molecule has 0 atom stereocenters. The molecule has 11 heteroatoms. The van der Waals surface area contributed by atoms with E-state index in [1.54, 1.807) is 19.2 Å². The lowest BCUT2D eigenvalue weighted by Gasteiger charge is -2.29. The monoisotopic (exact) mass is 537 g/mol.